The molecule has 5 nitrogen and oxygen atoms in total. The highest BCUT2D eigenvalue weighted by Gasteiger charge is 2.30. The van der Waals surface area contributed by atoms with Crippen LogP contribution in [0.2, 0.25) is 0 Å². The van der Waals surface area contributed by atoms with Gasteiger partial charge >= 0.3 is 5.97 Å². The summed E-state index contributed by atoms with van der Waals surface area (Å²) in [6.45, 7) is 0. The fourth-order valence-electron chi connectivity index (χ4n) is 0.877. The number of amides is 1. The summed E-state index contributed by atoms with van der Waals surface area (Å²) >= 11 is 17.2. The van der Waals surface area contributed by atoms with Crippen LogP contribution in [0.15, 0.2) is 23.4 Å². The van der Waals surface area contributed by atoms with Crippen LogP contribution in [0.4, 0.5) is 5.69 Å². The highest BCUT2D eigenvalue weighted by molar-refractivity contribution is 7.99. The molecule has 1 amide bonds. The number of hydrogen-bond acceptors (Lipinski definition) is 4. The highest BCUT2D eigenvalue weighted by atomic mass is 35.6. The fraction of sp³-hybridized carbons (Fsp3) is 0.222. The first kappa shape index (κ1) is 15.4. The number of pyridine rings is 1. The lowest BCUT2D eigenvalue weighted by Gasteiger charge is -2.11. The summed E-state index contributed by atoms with van der Waals surface area (Å²) in [6.07, 6.45) is 1.35. The summed E-state index contributed by atoms with van der Waals surface area (Å²) in [6, 6.07) is 3.09. The molecule has 0 fully saturated rings. The molecular weight excluding hydrogens is 323 g/mol. The van der Waals surface area contributed by atoms with Gasteiger partial charge < -0.3 is 10.4 Å². The Morgan fingerprint density at radius 1 is 1.39 bits per heavy atom. The maximum atomic E-state index is 11.3. The number of carboxylic acids is 1. The number of thioether (sulfide) groups is 1. The molecule has 1 heterocycles. The van der Waals surface area contributed by atoms with Crippen molar-refractivity contribution in [3.8, 4) is 0 Å². The average molecular weight is 330 g/mol. The van der Waals surface area contributed by atoms with Gasteiger partial charge in [-0.25, -0.2) is 4.98 Å². The standard InChI is InChI=1S/C9H7Cl3N2O3S/c10-9(11,12)8(17)14-5-1-2-6(13-3-5)18-4-7(15)16/h1-3H,4H2,(H,14,17)(H,15,16). The van der Waals surface area contributed by atoms with Gasteiger partial charge in [0.05, 0.1) is 22.7 Å². The number of aromatic nitrogens is 1. The molecule has 1 rings (SSSR count). The van der Waals surface area contributed by atoms with Gasteiger partial charge in [-0.15, -0.1) is 0 Å². The minimum Gasteiger partial charge on any atom is -0.481 e. The Balaban J connectivity index is 2.60. The van der Waals surface area contributed by atoms with Crippen molar-refractivity contribution in [1.29, 1.82) is 0 Å². The number of hydrogen-bond donors (Lipinski definition) is 2. The van der Waals surface area contributed by atoms with Crippen molar-refractivity contribution < 1.29 is 14.7 Å². The van der Waals surface area contributed by atoms with Crippen LogP contribution in [0.25, 0.3) is 0 Å². The Bertz CT molecular complexity index is 447. The van der Waals surface area contributed by atoms with Gasteiger partial charge in [-0.1, -0.05) is 46.6 Å². The van der Waals surface area contributed by atoms with Crippen molar-refractivity contribution in [2.75, 3.05) is 11.1 Å². The van der Waals surface area contributed by atoms with E-state index in [0.29, 0.717) is 10.7 Å². The molecule has 2 N–H and O–H groups in total. The molecule has 0 aliphatic heterocycles. The molecule has 0 spiro atoms. The molecule has 9 heteroatoms. The van der Waals surface area contributed by atoms with E-state index in [0.717, 1.165) is 11.8 Å². The summed E-state index contributed by atoms with van der Waals surface area (Å²) in [7, 11) is 0. The molecule has 0 unspecified atom stereocenters. The van der Waals surface area contributed by atoms with E-state index >= 15 is 0 Å². The molecular formula is C9H7Cl3N2O3S. The van der Waals surface area contributed by atoms with E-state index in [2.05, 4.69) is 10.3 Å². The number of rotatable bonds is 4. The number of nitrogens with zero attached hydrogens (tertiary/aromatic N) is 1. The summed E-state index contributed by atoms with van der Waals surface area (Å²) in [5, 5.41) is 11.4. The van der Waals surface area contributed by atoms with Crippen molar-refractivity contribution in [3.63, 3.8) is 0 Å². The predicted octanol–water partition coefficient (Wildman–Crippen LogP) is 2.57. The fourth-order valence-corrected chi connectivity index (χ4v) is 1.58. The van der Waals surface area contributed by atoms with Crippen LogP contribution in [0.3, 0.4) is 0 Å². The monoisotopic (exact) mass is 328 g/mol. The number of carbonyl (C=O) groups is 2. The van der Waals surface area contributed by atoms with Crippen molar-refractivity contribution in [3.05, 3.63) is 18.3 Å². The second kappa shape index (κ2) is 6.47. The number of alkyl halides is 3. The lowest BCUT2D eigenvalue weighted by atomic mass is 10.4. The van der Waals surface area contributed by atoms with Crippen LogP contribution < -0.4 is 5.32 Å². The van der Waals surface area contributed by atoms with E-state index in [-0.39, 0.29) is 5.75 Å². The van der Waals surface area contributed by atoms with Gasteiger partial charge in [-0.2, -0.15) is 0 Å². The Morgan fingerprint density at radius 3 is 2.50 bits per heavy atom. The van der Waals surface area contributed by atoms with Gasteiger partial charge in [0.2, 0.25) is 0 Å². The molecule has 0 radical (unpaired) electrons. The summed E-state index contributed by atoms with van der Waals surface area (Å²) in [5.41, 5.74) is 0.353. The van der Waals surface area contributed by atoms with Crippen LogP contribution in [-0.4, -0.2) is 31.5 Å². The molecule has 0 saturated heterocycles. The normalized spacial score (nSPS) is 11.1. The van der Waals surface area contributed by atoms with E-state index in [9.17, 15) is 9.59 Å². The van der Waals surface area contributed by atoms with Gasteiger partial charge in [0, 0.05) is 0 Å². The number of carboxylic acid groups (broad SMARTS) is 1. The maximum absolute atomic E-state index is 11.3. The number of halogens is 3. The van der Waals surface area contributed by atoms with Gasteiger partial charge in [0.15, 0.2) is 0 Å². The van der Waals surface area contributed by atoms with E-state index in [4.69, 9.17) is 39.9 Å². The van der Waals surface area contributed by atoms with Crippen molar-refractivity contribution in [2.45, 2.75) is 8.82 Å². The Kier molecular flexibility index (Phi) is 5.52. The predicted molar refractivity (Wildman–Crippen MR) is 71.5 cm³/mol. The van der Waals surface area contributed by atoms with E-state index < -0.39 is 15.7 Å². The molecule has 0 saturated carbocycles. The average Bonchev–Trinajstić information content (AvgIpc) is 2.26. The van der Waals surface area contributed by atoms with E-state index in [1.807, 2.05) is 0 Å². The summed E-state index contributed by atoms with van der Waals surface area (Å²) < 4.78 is -2.04. The second-order valence-electron chi connectivity index (χ2n) is 3.02. The zero-order chi connectivity index (χ0) is 13.8. The van der Waals surface area contributed by atoms with Crippen molar-refractivity contribution >= 4 is 64.1 Å². The number of anilines is 1. The van der Waals surface area contributed by atoms with E-state index in [1.54, 1.807) is 6.07 Å². The smallest absolute Gasteiger partial charge is 0.313 e. The van der Waals surface area contributed by atoms with E-state index in [1.165, 1.54) is 12.3 Å². The van der Waals surface area contributed by atoms with Gasteiger partial charge in [0.1, 0.15) is 0 Å². The van der Waals surface area contributed by atoms with Gasteiger partial charge in [-0.05, 0) is 12.1 Å². The van der Waals surface area contributed by atoms with Crippen LogP contribution in [-0.2, 0) is 9.59 Å². The quantitative estimate of drug-likeness (QED) is 0.655. The van der Waals surface area contributed by atoms with Crippen LogP contribution in [0.5, 0.6) is 0 Å². The maximum Gasteiger partial charge on any atom is 0.313 e. The molecule has 18 heavy (non-hydrogen) atoms. The molecule has 0 aliphatic rings. The molecule has 0 bridgehead atoms. The van der Waals surface area contributed by atoms with Crippen LogP contribution >= 0.6 is 46.6 Å². The first-order valence-electron chi connectivity index (χ1n) is 4.48. The zero-order valence-corrected chi connectivity index (χ0v) is 11.8. The Hall–Kier alpha value is -0.690. The Labute approximate surface area is 122 Å². The summed E-state index contributed by atoms with van der Waals surface area (Å²) in [5.74, 6) is -1.82. The van der Waals surface area contributed by atoms with Crippen LogP contribution in [0, 0.1) is 0 Å². The SMILES string of the molecule is O=C(O)CSc1ccc(NC(=O)C(Cl)(Cl)Cl)cn1. The minimum atomic E-state index is -2.04. The molecule has 0 aromatic carbocycles. The van der Waals surface area contributed by atoms with Crippen molar-refractivity contribution in [1.82, 2.24) is 4.98 Å². The van der Waals surface area contributed by atoms with Gasteiger partial charge in [-0.3, -0.25) is 9.59 Å². The number of aliphatic carboxylic acids is 1. The van der Waals surface area contributed by atoms with Crippen molar-refractivity contribution in [2.24, 2.45) is 0 Å². The third kappa shape index (κ3) is 5.30. The number of carbonyl (C=O) groups excluding carboxylic acids is 1. The zero-order valence-electron chi connectivity index (χ0n) is 8.69. The third-order valence-electron chi connectivity index (χ3n) is 1.60. The molecule has 0 atom stereocenters. The molecule has 98 valence electrons. The first-order valence-corrected chi connectivity index (χ1v) is 6.60. The Morgan fingerprint density at radius 2 is 2.06 bits per heavy atom. The minimum absolute atomic E-state index is 0.0904. The number of nitrogens with one attached hydrogen (secondary N) is 1. The third-order valence-corrected chi connectivity index (χ3v) is 3.04. The lowest BCUT2D eigenvalue weighted by molar-refractivity contribution is -0.133. The lowest BCUT2D eigenvalue weighted by Crippen LogP contribution is -2.26. The highest BCUT2D eigenvalue weighted by Crippen LogP contribution is 2.27. The molecule has 1 aromatic heterocycles. The molecule has 1 aromatic rings. The van der Waals surface area contributed by atoms with Crippen LogP contribution in [0.1, 0.15) is 0 Å². The first-order chi connectivity index (χ1) is 8.29. The second-order valence-corrected chi connectivity index (χ2v) is 6.30. The largest absolute Gasteiger partial charge is 0.481 e. The topological polar surface area (TPSA) is 79.3 Å². The molecule has 0 aliphatic carbocycles. The van der Waals surface area contributed by atoms with Gasteiger partial charge in [0.25, 0.3) is 9.70 Å². The summed E-state index contributed by atoms with van der Waals surface area (Å²) in [4.78, 5) is 25.6.